The average molecular weight is 515 g/mol. The van der Waals surface area contributed by atoms with Crippen molar-refractivity contribution < 1.29 is 18.0 Å². The van der Waals surface area contributed by atoms with Crippen LogP contribution in [0.5, 0.6) is 0 Å². The van der Waals surface area contributed by atoms with Gasteiger partial charge in [-0.3, -0.25) is 9.78 Å². The Hall–Kier alpha value is -4.24. The highest BCUT2D eigenvalue weighted by Crippen LogP contribution is 2.52. The van der Waals surface area contributed by atoms with Crippen LogP contribution in [0.2, 0.25) is 0 Å². The van der Waals surface area contributed by atoms with Crippen molar-refractivity contribution >= 4 is 38.6 Å². The minimum absolute atomic E-state index is 0.00159. The van der Waals surface area contributed by atoms with Crippen LogP contribution in [0.3, 0.4) is 0 Å². The first-order chi connectivity index (χ1) is 17.7. The maximum absolute atomic E-state index is 13.9. The van der Waals surface area contributed by atoms with Crippen molar-refractivity contribution in [2.45, 2.75) is 29.7 Å². The van der Waals surface area contributed by atoms with Gasteiger partial charge in [0, 0.05) is 30.2 Å². The molecule has 9 heteroatoms. The molecule has 0 bridgehead atoms. The number of nitrogens with zero attached hydrogens (tertiary/aromatic N) is 2. The molecule has 8 nitrogen and oxygen atoms in total. The number of carbonyl (C=O) groups is 2. The van der Waals surface area contributed by atoms with Crippen LogP contribution in [0.25, 0.3) is 10.9 Å². The molecule has 5 rings (SSSR count). The van der Waals surface area contributed by atoms with Gasteiger partial charge in [0.2, 0.25) is 0 Å². The van der Waals surface area contributed by atoms with Crippen molar-refractivity contribution in [1.82, 2.24) is 15.0 Å². The Kier molecular flexibility index (Phi) is 6.16. The molecule has 1 aliphatic rings. The molecule has 3 aromatic carbocycles. The van der Waals surface area contributed by atoms with Gasteiger partial charge in [-0.2, -0.15) is 0 Å². The van der Waals surface area contributed by atoms with Crippen molar-refractivity contribution in [3.8, 4) is 0 Å². The molecule has 0 spiro atoms. The number of aryl methyl sites for hydroxylation is 1. The molecule has 1 heterocycles. The van der Waals surface area contributed by atoms with Crippen molar-refractivity contribution in [1.29, 1.82) is 0 Å². The van der Waals surface area contributed by atoms with E-state index in [0.29, 0.717) is 17.7 Å². The molecule has 2 N–H and O–H groups in total. The van der Waals surface area contributed by atoms with E-state index < -0.39 is 21.6 Å². The number of fused-ring (bicyclic) bond motifs is 1. The fourth-order valence-electron chi connectivity index (χ4n) is 4.72. The first kappa shape index (κ1) is 24.5. The molecule has 1 aliphatic carbocycles. The second-order valence-electron chi connectivity index (χ2n) is 9.21. The first-order valence-electron chi connectivity index (χ1n) is 11.8. The van der Waals surface area contributed by atoms with Crippen LogP contribution >= 0.6 is 0 Å². The third-order valence-electron chi connectivity index (χ3n) is 6.77. The van der Waals surface area contributed by atoms with Gasteiger partial charge in [-0.15, -0.1) is 0 Å². The highest BCUT2D eigenvalue weighted by atomic mass is 32.2. The number of pyridine rings is 1. The third-order valence-corrected chi connectivity index (χ3v) is 8.26. The molecule has 0 radical (unpaired) electrons. The molecular weight excluding hydrogens is 488 g/mol. The Bertz CT molecular complexity index is 1610. The highest BCUT2D eigenvalue weighted by Gasteiger charge is 2.63. The van der Waals surface area contributed by atoms with E-state index in [1.54, 1.807) is 38.4 Å². The number of anilines is 1. The monoisotopic (exact) mass is 514 g/mol. The molecule has 1 fully saturated rings. The predicted molar refractivity (Wildman–Crippen MR) is 142 cm³/mol. The van der Waals surface area contributed by atoms with E-state index >= 15 is 0 Å². The van der Waals surface area contributed by atoms with Crippen molar-refractivity contribution in [2.24, 2.45) is 0 Å². The van der Waals surface area contributed by atoms with Gasteiger partial charge in [0.15, 0.2) is 0 Å². The van der Waals surface area contributed by atoms with E-state index in [1.807, 2.05) is 60.7 Å². The van der Waals surface area contributed by atoms with Crippen molar-refractivity contribution in [2.75, 3.05) is 11.9 Å². The van der Waals surface area contributed by atoms with Crippen LogP contribution in [0, 0.1) is 6.92 Å². The van der Waals surface area contributed by atoms with Gasteiger partial charge < -0.3 is 10.2 Å². The Morgan fingerprint density at radius 1 is 0.973 bits per heavy atom. The Morgan fingerprint density at radius 2 is 1.70 bits per heavy atom. The van der Waals surface area contributed by atoms with Gasteiger partial charge in [0.25, 0.3) is 15.9 Å². The molecule has 1 saturated carbocycles. The molecule has 3 amide bonds. The molecule has 4 aromatic rings. The van der Waals surface area contributed by atoms with Crippen molar-refractivity contribution in [3.63, 3.8) is 0 Å². The smallest absolute Gasteiger partial charge is 0.322 e. The number of benzene rings is 3. The number of nitrogens with one attached hydrogen (secondary N) is 2. The lowest BCUT2D eigenvalue weighted by Crippen LogP contribution is -2.54. The summed E-state index contributed by atoms with van der Waals surface area (Å²) in [6.45, 7) is 1.65. The van der Waals surface area contributed by atoms with E-state index in [1.165, 1.54) is 11.0 Å². The minimum Gasteiger partial charge on any atom is -0.322 e. The molecule has 0 aliphatic heterocycles. The van der Waals surface area contributed by atoms with E-state index in [0.717, 1.165) is 16.5 Å². The molecule has 2 atom stereocenters. The lowest BCUT2D eigenvalue weighted by Gasteiger charge is -2.26. The normalized spacial score (nSPS) is 18.7. The van der Waals surface area contributed by atoms with Gasteiger partial charge in [0.1, 0.15) is 5.54 Å². The van der Waals surface area contributed by atoms with E-state index in [-0.39, 0.29) is 16.7 Å². The number of aromatic nitrogens is 1. The maximum Gasteiger partial charge on any atom is 0.329 e. The van der Waals surface area contributed by atoms with Gasteiger partial charge >= 0.3 is 6.03 Å². The summed E-state index contributed by atoms with van der Waals surface area (Å²) >= 11 is 0. The number of hydrogen-bond acceptors (Lipinski definition) is 5. The quantitative estimate of drug-likeness (QED) is 0.402. The minimum atomic E-state index is -4.13. The summed E-state index contributed by atoms with van der Waals surface area (Å²) in [4.78, 5) is 32.8. The summed E-state index contributed by atoms with van der Waals surface area (Å²) < 4.78 is 27.9. The summed E-state index contributed by atoms with van der Waals surface area (Å²) in [5.74, 6) is -0.658. The van der Waals surface area contributed by atoms with Gasteiger partial charge in [-0.05, 0) is 48.7 Å². The molecule has 37 heavy (non-hydrogen) atoms. The largest absolute Gasteiger partial charge is 0.329 e. The Morgan fingerprint density at radius 3 is 2.46 bits per heavy atom. The number of hydrogen-bond donors (Lipinski definition) is 2. The van der Waals surface area contributed by atoms with Crippen LogP contribution in [0.4, 0.5) is 10.5 Å². The topological polar surface area (TPSA) is 108 Å². The van der Waals surface area contributed by atoms with Gasteiger partial charge in [-0.1, -0.05) is 60.7 Å². The Balaban J connectivity index is 1.44. The fraction of sp³-hybridized carbons (Fsp3) is 0.179. The second-order valence-corrected chi connectivity index (χ2v) is 10.9. The van der Waals surface area contributed by atoms with Crippen LogP contribution in [-0.2, 0) is 14.8 Å². The van der Waals surface area contributed by atoms with Crippen LogP contribution in [0.1, 0.15) is 23.5 Å². The summed E-state index contributed by atoms with van der Waals surface area (Å²) in [5.41, 5.74) is 1.43. The zero-order chi connectivity index (χ0) is 26.2. The zero-order valence-electron chi connectivity index (χ0n) is 20.4. The predicted octanol–water partition coefficient (Wildman–Crippen LogP) is 4.12. The summed E-state index contributed by atoms with van der Waals surface area (Å²) in [6, 6.07) is 24.1. The SMILES string of the molecule is Cc1ccccc1S(=O)(=O)NC(=O)N[C@@]1(C(=O)N(C)c2ccc3cccnc3c2)CC1c1ccccc1. The lowest BCUT2D eigenvalue weighted by atomic mass is 10.0. The summed E-state index contributed by atoms with van der Waals surface area (Å²) in [6.07, 6.45) is 2.02. The van der Waals surface area contributed by atoms with Crippen LogP contribution < -0.4 is 14.9 Å². The third kappa shape index (κ3) is 4.65. The van der Waals surface area contributed by atoms with E-state index in [9.17, 15) is 18.0 Å². The first-order valence-corrected chi connectivity index (χ1v) is 13.3. The molecule has 1 aromatic heterocycles. The zero-order valence-corrected chi connectivity index (χ0v) is 21.2. The van der Waals surface area contributed by atoms with Gasteiger partial charge in [0.05, 0.1) is 10.4 Å². The number of rotatable bonds is 6. The number of urea groups is 1. The number of sulfonamides is 1. The lowest BCUT2D eigenvalue weighted by molar-refractivity contribution is -0.121. The average Bonchev–Trinajstić information content (AvgIpc) is 3.62. The van der Waals surface area contributed by atoms with Crippen LogP contribution in [-0.4, -0.2) is 37.9 Å². The standard InChI is InChI=1S/C28H26N4O4S/c1-19-9-6-7-13-25(19)37(35,36)31-27(34)30-28(18-23(28)20-10-4-3-5-11-20)26(33)32(2)22-15-14-21-12-8-16-29-24(21)17-22/h3-17,23H,18H2,1-2H3,(H2,30,31,34)/t23?,28-/m0/s1. The van der Waals surface area contributed by atoms with Crippen molar-refractivity contribution in [3.05, 3.63) is 102 Å². The maximum atomic E-state index is 13.9. The summed E-state index contributed by atoms with van der Waals surface area (Å²) in [7, 11) is -2.50. The molecule has 188 valence electrons. The fourth-order valence-corrected chi connectivity index (χ4v) is 5.88. The Labute approximate surface area is 215 Å². The van der Waals surface area contributed by atoms with Gasteiger partial charge in [-0.25, -0.2) is 17.9 Å². The molecule has 1 unspecified atom stereocenters. The molecule has 0 saturated heterocycles. The van der Waals surface area contributed by atoms with E-state index in [4.69, 9.17) is 0 Å². The van der Waals surface area contributed by atoms with E-state index in [2.05, 4.69) is 15.0 Å². The number of likely N-dealkylation sites (N-methyl/N-ethyl adjacent to an activating group) is 1. The molecular formula is C28H26N4O4S. The van der Waals surface area contributed by atoms with Crippen LogP contribution in [0.15, 0.2) is 96.0 Å². The number of carbonyl (C=O) groups excluding carboxylic acids is 2. The summed E-state index contributed by atoms with van der Waals surface area (Å²) in [5, 5.41) is 3.65. The highest BCUT2D eigenvalue weighted by molar-refractivity contribution is 7.90. The second kappa shape index (κ2) is 9.33. The number of amides is 3.